The molecule has 3 aromatic rings. The molecule has 3 aromatic carbocycles. The average Bonchev–Trinajstić information content (AvgIpc) is 3.20. The van der Waals surface area contributed by atoms with E-state index in [4.69, 9.17) is 16.3 Å². The molecular formula is C27H26ClFN2O2. The monoisotopic (exact) mass is 464 g/mol. The quantitative estimate of drug-likeness (QED) is 0.563. The molecular weight excluding hydrogens is 439 g/mol. The van der Waals surface area contributed by atoms with Crippen LogP contribution in [0.4, 0.5) is 4.39 Å². The third kappa shape index (κ3) is 4.54. The van der Waals surface area contributed by atoms with E-state index in [1.165, 1.54) is 23.3 Å². The van der Waals surface area contributed by atoms with Crippen LogP contribution in [0.5, 0.6) is 0 Å². The van der Waals surface area contributed by atoms with E-state index in [0.29, 0.717) is 24.7 Å². The molecule has 0 aliphatic carbocycles. The van der Waals surface area contributed by atoms with Crippen molar-refractivity contribution in [3.05, 3.63) is 106 Å². The molecule has 0 saturated carbocycles. The molecule has 170 valence electrons. The molecule has 1 fully saturated rings. The summed E-state index contributed by atoms with van der Waals surface area (Å²) in [5.74, 6) is -0.236. The van der Waals surface area contributed by atoms with Gasteiger partial charge in [0, 0.05) is 18.1 Å². The molecule has 2 aliphatic heterocycles. The summed E-state index contributed by atoms with van der Waals surface area (Å²) in [7, 11) is 0. The maximum atomic E-state index is 13.5. The summed E-state index contributed by atoms with van der Waals surface area (Å²) in [6, 6.07) is 22.0. The van der Waals surface area contributed by atoms with Crippen LogP contribution in [-0.2, 0) is 21.7 Å². The van der Waals surface area contributed by atoms with Crippen LogP contribution in [0, 0.1) is 5.82 Å². The number of hydrogen-bond acceptors (Lipinski definition) is 3. The largest absolute Gasteiger partial charge is 0.365 e. The second-order valence-electron chi connectivity index (χ2n) is 8.74. The number of carbonyl (C=O) groups is 1. The number of rotatable bonds is 5. The smallest absolute Gasteiger partial charge is 0.236 e. The highest BCUT2D eigenvalue weighted by Crippen LogP contribution is 2.43. The van der Waals surface area contributed by atoms with Gasteiger partial charge < -0.3 is 9.64 Å². The van der Waals surface area contributed by atoms with Gasteiger partial charge in [0.2, 0.25) is 5.91 Å². The zero-order valence-electron chi connectivity index (χ0n) is 18.3. The van der Waals surface area contributed by atoms with Crippen LogP contribution in [0.25, 0.3) is 0 Å². The zero-order chi connectivity index (χ0) is 22.8. The lowest BCUT2D eigenvalue weighted by Gasteiger charge is -2.39. The van der Waals surface area contributed by atoms with Crippen LogP contribution in [0.15, 0.2) is 72.8 Å². The highest BCUT2D eigenvalue weighted by atomic mass is 35.5. The molecule has 5 rings (SSSR count). The molecule has 1 atom stereocenters. The van der Waals surface area contributed by atoms with Gasteiger partial charge in [0.15, 0.2) is 0 Å². The lowest BCUT2D eigenvalue weighted by molar-refractivity contribution is -0.137. The number of piperidine rings is 1. The maximum absolute atomic E-state index is 13.5. The first-order valence-electron chi connectivity index (χ1n) is 11.3. The van der Waals surface area contributed by atoms with Gasteiger partial charge in [-0.25, -0.2) is 4.39 Å². The number of nitrogens with zero attached hydrogens (tertiary/aromatic N) is 1. The van der Waals surface area contributed by atoms with Crippen molar-refractivity contribution >= 4 is 17.5 Å². The first-order chi connectivity index (χ1) is 16.0. The highest BCUT2D eigenvalue weighted by Gasteiger charge is 2.43. The lowest BCUT2D eigenvalue weighted by Crippen LogP contribution is -2.48. The molecule has 1 unspecified atom stereocenters. The average molecular weight is 465 g/mol. The summed E-state index contributed by atoms with van der Waals surface area (Å²) < 4.78 is 19.7. The predicted octanol–water partition coefficient (Wildman–Crippen LogP) is 5.21. The van der Waals surface area contributed by atoms with E-state index in [-0.39, 0.29) is 29.9 Å². The van der Waals surface area contributed by atoms with Crippen LogP contribution in [-0.4, -0.2) is 30.4 Å². The van der Waals surface area contributed by atoms with Crippen LogP contribution in [0.1, 0.15) is 41.1 Å². The van der Waals surface area contributed by atoms with Crippen LogP contribution in [0.3, 0.4) is 0 Å². The minimum Gasteiger partial charge on any atom is -0.365 e. The Hall–Kier alpha value is -2.73. The predicted molar refractivity (Wildman–Crippen MR) is 126 cm³/mol. The number of nitrogens with one attached hydrogen (secondary N) is 1. The molecule has 0 radical (unpaired) electrons. The molecule has 1 saturated heterocycles. The number of amides is 1. The Balaban J connectivity index is 1.25. The molecule has 1 amide bonds. The van der Waals surface area contributed by atoms with E-state index < -0.39 is 0 Å². The number of hydrogen-bond donors (Lipinski definition) is 1. The fourth-order valence-corrected chi connectivity index (χ4v) is 5.08. The fraction of sp³-hybridized carbons (Fsp3) is 0.296. The summed E-state index contributed by atoms with van der Waals surface area (Å²) >= 11 is 6.05. The van der Waals surface area contributed by atoms with Crippen LogP contribution >= 0.6 is 11.6 Å². The van der Waals surface area contributed by atoms with Crippen molar-refractivity contribution in [1.29, 1.82) is 0 Å². The Morgan fingerprint density at radius 2 is 1.64 bits per heavy atom. The van der Waals surface area contributed by atoms with Gasteiger partial charge in [0.25, 0.3) is 0 Å². The molecule has 6 heteroatoms. The van der Waals surface area contributed by atoms with Crippen molar-refractivity contribution in [3.8, 4) is 0 Å². The van der Waals surface area contributed by atoms with E-state index in [9.17, 15) is 9.18 Å². The summed E-state index contributed by atoms with van der Waals surface area (Å²) in [5.41, 5.74) is 4.12. The Morgan fingerprint density at radius 3 is 2.33 bits per heavy atom. The third-order valence-corrected chi connectivity index (χ3v) is 7.05. The van der Waals surface area contributed by atoms with Gasteiger partial charge in [0.05, 0.1) is 24.8 Å². The van der Waals surface area contributed by atoms with Gasteiger partial charge >= 0.3 is 0 Å². The molecule has 0 aromatic heterocycles. The Bertz CT molecular complexity index is 1080. The molecule has 33 heavy (non-hydrogen) atoms. The van der Waals surface area contributed by atoms with Crippen LogP contribution < -0.4 is 5.32 Å². The molecule has 4 nitrogen and oxygen atoms in total. The Morgan fingerprint density at radius 1 is 1.00 bits per heavy atom. The SMILES string of the molecule is O=C(CNC(c1ccc(F)cc1)c1ccc(Cl)cc1)N1CCC2(CC1)OCc1ccccc12. The summed E-state index contributed by atoms with van der Waals surface area (Å²) in [6.07, 6.45) is 1.60. The standard InChI is InChI=1S/C27H26ClFN2O2/c28-22-9-5-19(6-10-22)26(20-7-11-23(29)12-8-20)30-17-25(32)31-15-13-27(14-16-31)24-4-2-1-3-21(24)18-33-27/h1-12,26,30H,13-18H2. The summed E-state index contributed by atoms with van der Waals surface area (Å²) in [5, 5.41) is 4.02. The van der Waals surface area contributed by atoms with Crippen molar-refractivity contribution in [2.75, 3.05) is 19.6 Å². The highest BCUT2D eigenvalue weighted by molar-refractivity contribution is 6.30. The first kappa shape index (κ1) is 22.1. The van der Waals surface area contributed by atoms with Crippen molar-refractivity contribution in [2.24, 2.45) is 0 Å². The van der Waals surface area contributed by atoms with Crippen LogP contribution in [0.2, 0.25) is 5.02 Å². The second-order valence-corrected chi connectivity index (χ2v) is 9.17. The van der Waals surface area contributed by atoms with E-state index in [1.807, 2.05) is 35.2 Å². The molecule has 2 heterocycles. The fourth-order valence-electron chi connectivity index (χ4n) is 4.96. The van der Waals surface area contributed by atoms with Gasteiger partial charge in [-0.2, -0.15) is 0 Å². The number of likely N-dealkylation sites (tertiary alicyclic amines) is 1. The number of halogens is 2. The summed E-state index contributed by atoms with van der Waals surface area (Å²) in [4.78, 5) is 15.0. The van der Waals surface area contributed by atoms with Crippen molar-refractivity contribution in [3.63, 3.8) is 0 Å². The van der Waals surface area contributed by atoms with Crippen molar-refractivity contribution in [1.82, 2.24) is 10.2 Å². The number of ether oxygens (including phenoxy) is 1. The van der Waals surface area contributed by atoms with Gasteiger partial charge in [-0.1, -0.05) is 60.1 Å². The van der Waals surface area contributed by atoms with E-state index in [2.05, 4.69) is 23.5 Å². The maximum Gasteiger partial charge on any atom is 0.236 e. The molecule has 1 N–H and O–H groups in total. The third-order valence-electron chi connectivity index (χ3n) is 6.80. The topological polar surface area (TPSA) is 41.6 Å². The summed E-state index contributed by atoms with van der Waals surface area (Å²) in [6.45, 7) is 2.16. The Labute approximate surface area is 198 Å². The molecule has 1 spiro atoms. The van der Waals surface area contributed by atoms with Gasteiger partial charge in [-0.05, 0) is 59.4 Å². The number of fused-ring (bicyclic) bond motifs is 2. The lowest BCUT2D eigenvalue weighted by atomic mass is 9.84. The normalized spacial score (nSPS) is 17.7. The van der Waals surface area contributed by atoms with Gasteiger partial charge in [-0.15, -0.1) is 0 Å². The zero-order valence-corrected chi connectivity index (χ0v) is 19.0. The number of benzene rings is 3. The van der Waals surface area contributed by atoms with E-state index >= 15 is 0 Å². The van der Waals surface area contributed by atoms with Gasteiger partial charge in [-0.3, -0.25) is 10.1 Å². The van der Waals surface area contributed by atoms with Crippen molar-refractivity contribution in [2.45, 2.75) is 31.1 Å². The van der Waals surface area contributed by atoms with Crippen molar-refractivity contribution < 1.29 is 13.9 Å². The molecule has 0 bridgehead atoms. The first-order valence-corrected chi connectivity index (χ1v) is 11.7. The molecule has 2 aliphatic rings. The van der Waals surface area contributed by atoms with Gasteiger partial charge in [0.1, 0.15) is 5.82 Å². The number of carbonyl (C=O) groups excluding carboxylic acids is 1. The van der Waals surface area contributed by atoms with E-state index in [1.54, 1.807) is 12.1 Å². The minimum absolute atomic E-state index is 0.0530. The Kier molecular flexibility index (Phi) is 6.19. The minimum atomic E-state index is -0.289. The van der Waals surface area contributed by atoms with E-state index in [0.717, 1.165) is 24.0 Å². The second kappa shape index (κ2) is 9.26.